The van der Waals surface area contributed by atoms with E-state index in [0.29, 0.717) is 17.6 Å². The second-order valence-corrected chi connectivity index (χ2v) is 7.15. The van der Waals surface area contributed by atoms with Gasteiger partial charge in [0.2, 0.25) is 0 Å². The summed E-state index contributed by atoms with van der Waals surface area (Å²) in [5.74, 6) is 2.78. The molecular formula is C19H22O2. The van der Waals surface area contributed by atoms with E-state index in [-0.39, 0.29) is 11.3 Å². The summed E-state index contributed by atoms with van der Waals surface area (Å²) in [5.41, 5.74) is 3.12. The lowest BCUT2D eigenvalue weighted by Crippen LogP contribution is -2.27. The first-order valence-corrected chi connectivity index (χ1v) is 7.99. The number of hydrogen-bond acceptors (Lipinski definition) is 2. The molecule has 0 aromatic heterocycles. The van der Waals surface area contributed by atoms with Gasteiger partial charge in [0.25, 0.3) is 0 Å². The third-order valence-corrected chi connectivity index (χ3v) is 6.15. The molecule has 2 heteroatoms. The number of hydrogen-bond donors (Lipinski definition) is 0. The van der Waals surface area contributed by atoms with Crippen LogP contribution < -0.4 is 4.74 Å². The summed E-state index contributed by atoms with van der Waals surface area (Å²) in [6.45, 7) is 2.32. The van der Waals surface area contributed by atoms with Crippen LogP contribution in [0.1, 0.15) is 43.2 Å². The zero-order valence-corrected chi connectivity index (χ0v) is 12.8. The van der Waals surface area contributed by atoms with E-state index in [1.54, 1.807) is 7.11 Å². The molecule has 110 valence electrons. The molecule has 0 radical (unpaired) electrons. The topological polar surface area (TPSA) is 26.3 Å². The highest BCUT2D eigenvalue weighted by Crippen LogP contribution is 2.56. The van der Waals surface area contributed by atoms with Gasteiger partial charge in [0, 0.05) is 12.3 Å². The SMILES string of the molecule is COc1ccc2c(c1)CC2CCC1(C)C2C=CC1C(=O)C2. The maximum absolute atomic E-state index is 12.0. The number of allylic oxidation sites excluding steroid dienone is 2. The highest BCUT2D eigenvalue weighted by molar-refractivity contribution is 5.88. The van der Waals surface area contributed by atoms with Gasteiger partial charge in [-0.05, 0) is 59.8 Å². The zero-order valence-electron chi connectivity index (χ0n) is 12.8. The van der Waals surface area contributed by atoms with E-state index in [0.717, 1.165) is 18.6 Å². The minimum absolute atomic E-state index is 0.193. The molecule has 0 N–H and O–H groups in total. The Kier molecular flexibility index (Phi) is 2.79. The van der Waals surface area contributed by atoms with Crippen LogP contribution in [0, 0.1) is 17.3 Å². The Hall–Kier alpha value is -1.57. The third-order valence-electron chi connectivity index (χ3n) is 6.15. The quantitative estimate of drug-likeness (QED) is 0.783. The predicted octanol–water partition coefficient (Wildman–Crippen LogP) is 3.90. The molecule has 1 saturated carbocycles. The van der Waals surface area contributed by atoms with Crippen molar-refractivity contribution in [2.75, 3.05) is 7.11 Å². The fraction of sp³-hybridized carbons (Fsp3) is 0.526. The van der Waals surface area contributed by atoms with Gasteiger partial charge in [0.1, 0.15) is 11.5 Å². The molecule has 0 spiro atoms. The standard InChI is InChI=1S/C19H22O2/c1-19(14-3-6-17(19)18(20)11-14)8-7-12-9-13-10-15(21-2)4-5-16(12)13/h3-6,10,12,14,17H,7-9,11H2,1-2H3. The first kappa shape index (κ1) is 13.1. The van der Waals surface area contributed by atoms with Crippen molar-refractivity contribution in [3.8, 4) is 5.75 Å². The summed E-state index contributed by atoms with van der Waals surface area (Å²) < 4.78 is 5.28. The maximum Gasteiger partial charge on any atom is 0.140 e. The fourth-order valence-electron chi connectivity index (χ4n) is 4.65. The molecular weight excluding hydrogens is 260 g/mol. The van der Waals surface area contributed by atoms with Crippen LogP contribution in [0.5, 0.6) is 5.75 Å². The summed E-state index contributed by atoms with van der Waals surface area (Å²) in [5, 5.41) is 0. The number of carbonyl (C=O) groups excluding carboxylic acids is 1. The number of rotatable bonds is 4. The van der Waals surface area contributed by atoms with Crippen molar-refractivity contribution in [1.29, 1.82) is 0 Å². The molecule has 4 unspecified atom stereocenters. The van der Waals surface area contributed by atoms with Crippen LogP contribution in [-0.4, -0.2) is 12.9 Å². The zero-order chi connectivity index (χ0) is 14.6. The Balaban J connectivity index is 1.44. The van der Waals surface area contributed by atoms with Crippen molar-refractivity contribution in [1.82, 2.24) is 0 Å². The van der Waals surface area contributed by atoms with E-state index < -0.39 is 0 Å². The number of fused-ring (bicyclic) bond motifs is 3. The van der Waals surface area contributed by atoms with Crippen molar-refractivity contribution in [2.24, 2.45) is 17.3 Å². The van der Waals surface area contributed by atoms with E-state index in [2.05, 4.69) is 37.3 Å². The smallest absolute Gasteiger partial charge is 0.140 e. The van der Waals surface area contributed by atoms with Gasteiger partial charge in [-0.3, -0.25) is 4.79 Å². The molecule has 21 heavy (non-hydrogen) atoms. The second kappa shape index (κ2) is 4.46. The molecule has 1 aromatic rings. The summed E-state index contributed by atoms with van der Waals surface area (Å²) in [7, 11) is 1.72. The molecule has 1 fully saturated rings. The first-order chi connectivity index (χ1) is 10.1. The van der Waals surface area contributed by atoms with Gasteiger partial charge in [-0.2, -0.15) is 0 Å². The van der Waals surface area contributed by atoms with Gasteiger partial charge < -0.3 is 4.74 Å². The monoisotopic (exact) mass is 282 g/mol. The number of Topliss-reactive ketones (excluding diaryl/α,β-unsaturated/α-hetero) is 1. The van der Waals surface area contributed by atoms with Gasteiger partial charge in [0.05, 0.1) is 7.11 Å². The van der Waals surface area contributed by atoms with Crippen LogP contribution >= 0.6 is 0 Å². The van der Waals surface area contributed by atoms with Crippen molar-refractivity contribution in [3.63, 3.8) is 0 Å². The van der Waals surface area contributed by atoms with Crippen LogP contribution in [0.2, 0.25) is 0 Å². The lowest BCUT2D eigenvalue weighted by Gasteiger charge is -2.35. The Labute approximate surface area is 126 Å². The Bertz CT molecular complexity index is 630. The maximum atomic E-state index is 12.0. The number of methoxy groups -OCH3 is 1. The van der Waals surface area contributed by atoms with Gasteiger partial charge in [-0.1, -0.05) is 25.1 Å². The van der Waals surface area contributed by atoms with Gasteiger partial charge in [0.15, 0.2) is 0 Å². The normalized spacial score (nSPS) is 35.7. The Morgan fingerprint density at radius 1 is 1.29 bits per heavy atom. The molecule has 0 aliphatic heterocycles. The van der Waals surface area contributed by atoms with Gasteiger partial charge in [-0.25, -0.2) is 0 Å². The summed E-state index contributed by atoms with van der Waals surface area (Å²) in [4.78, 5) is 12.0. The summed E-state index contributed by atoms with van der Waals surface area (Å²) in [6.07, 6.45) is 8.76. The molecule has 3 aliphatic carbocycles. The van der Waals surface area contributed by atoms with E-state index in [9.17, 15) is 4.79 Å². The molecule has 4 rings (SSSR count). The molecule has 2 nitrogen and oxygen atoms in total. The molecule has 0 saturated heterocycles. The highest BCUT2D eigenvalue weighted by Gasteiger charge is 2.52. The average molecular weight is 282 g/mol. The minimum atomic E-state index is 0.193. The molecule has 2 bridgehead atoms. The number of ketones is 1. The van der Waals surface area contributed by atoms with Crippen LogP contribution in [0.15, 0.2) is 30.4 Å². The first-order valence-electron chi connectivity index (χ1n) is 7.99. The van der Waals surface area contributed by atoms with Gasteiger partial charge in [-0.15, -0.1) is 0 Å². The number of carbonyl (C=O) groups is 1. The minimum Gasteiger partial charge on any atom is -0.497 e. The number of benzene rings is 1. The number of ether oxygens (including phenoxy) is 1. The van der Waals surface area contributed by atoms with Crippen LogP contribution in [0.25, 0.3) is 0 Å². The predicted molar refractivity (Wildman–Crippen MR) is 82.5 cm³/mol. The fourth-order valence-corrected chi connectivity index (χ4v) is 4.65. The largest absolute Gasteiger partial charge is 0.497 e. The molecule has 3 aliphatic rings. The van der Waals surface area contributed by atoms with Crippen LogP contribution in [0.4, 0.5) is 0 Å². The average Bonchev–Trinajstić information content (AvgIpc) is 2.89. The molecule has 0 amide bonds. The van der Waals surface area contributed by atoms with Crippen molar-refractivity contribution in [3.05, 3.63) is 41.5 Å². The van der Waals surface area contributed by atoms with E-state index >= 15 is 0 Å². The van der Waals surface area contributed by atoms with E-state index in [1.807, 2.05) is 0 Å². The van der Waals surface area contributed by atoms with Crippen molar-refractivity contribution >= 4 is 5.78 Å². The Morgan fingerprint density at radius 3 is 2.76 bits per heavy atom. The Morgan fingerprint density at radius 2 is 2.14 bits per heavy atom. The van der Waals surface area contributed by atoms with Crippen molar-refractivity contribution in [2.45, 2.75) is 38.5 Å². The summed E-state index contributed by atoms with van der Waals surface area (Å²) in [6, 6.07) is 6.45. The second-order valence-electron chi connectivity index (χ2n) is 7.15. The van der Waals surface area contributed by atoms with E-state index in [1.165, 1.54) is 24.0 Å². The van der Waals surface area contributed by atoms with Crippen molar-refractivity contribution < 1.29 is 9.53 Å². The van der Waals surface area contributed by atoms with Crippen LogP contribution in [-0.2, 0) is 11.2 Å². The molecule has 4 atom stereocenters. The highest BCUT2D eigenvalue weighted by atomic mass is 16.5. The van der Waals surface area contributed by atoms with E-state index in [4.69, 9.17) is 4.74 Å². The molecule has 0 heterocycles. The van der Waals surface area contributed by atoms with Crippen LogP contribution in [0.3, 0.4) is 0 Å². The lowest BCUT2D eigenvalue weighted by atomic mass is 9.68. The lowest BCUT2D eigenvalue weighted by molar-refractivity contribution is -0.120. The third kappa shape index (κ3) is 1.81. The molecule has 1 aromatic carbocycles. The van der Waals surface area contributed by atoms with Gasteiger partial charge >= 0.3 is 0 Å². The summed E-state index contributed by atoms with van der Waals surface area (Å²) >= 11 is 0.